The highest BCUT2D eigenvalue weighted by molar-refractivity contribution is 5.94. The summed E-state index contributed by atoms with van der Waals surface area (Å²) in [5.74, 6) is -4.79. The van der Waals surface area contributed by atoms with E-state index in [2.05, 4.69) is 5.32 Å². The van der Waals surface area contributed by atoms with E-state index in [1.54, 1.807) is 0 Å². The van der Waals surface area contributed by atoms with E-state index in [-0.39, 0.29) is 17.3 Å². The maximum atomic E-state index is 13.8. The molecule has 33 heavy (non-hydrogen) atoms. The standard InChI is InChI=1S/C22H20F3N3O5/c1-33-20-18-22(32)28(12-2-3-13(29)8-12)5-4-27(18)10-15(19(20)30)21(31)26-9-14-16(24)6-11(23)7-17(14)25/h4-7,10,12-13,29H,2-3,8-9H2,1H3,(H,26,31)/t12-,13+/m0/s1. The zero-order valence-corrected chi connectivity index (χ0v) is 17.5. The second-order valence-electron chi connectivity index (χ2n) is 7.82. The molecule has 1 amide bonds. The molecule has 1 saturated carbocycles. The van der Waals surface area contributed by atoms with E-state index in [1.807, 2.05) is 0 Å². The fraction of sp³-hybridized carbons (Fsp3) is 0.318. The summed E-state index contributed by atoms with van der Waals surface area (Å²) < 4.78 is 48.6. The van der Waals surface area contributed by atoms with Crippen molar-refractivity contribution in [1.82, 2.24) is 14.3 Å². The van der Waals surface area contributed by atoms with Crippen LogP contribution in [0.25, 0.3) is 5.52 Å². The summed E-state index contributed by atoms with van der Waals surface area (Å²) in [6.45, 7) is -0.632. The Hall–Kier alpha value is -3.60. The molecule has 0 spiro atoms. The van der Waals surface area contributed by atoms with E-state index in [9.17, 15) is 32.7 Å². The highest BCUT2D eigenvalue weighted by Gasteiger charge is 2.27. The number of ether oxygens (including phenoxy) is 1. The number of methoxy groups -OCH3 is 1. The van der Waals surface area contributed by atoms with Crippen LogP contribution in [0.3, 0.4) is 0 Å². The second kappa shape index (κ2) is 8.74. The number of hydrogen-bond donors (Lipinski definition) is 2. The number of benzene rings is 1. The fourth-order valence-corrected chi connectivity index (χ4v) is 4.10. The third-order valence-corrected chi connectivity index (χ3v) is 5.77. The van der Waals surface area contributed by atoms with Crippen LogP contribution in [0.1, 0.15) is 41.2 Å². The van der Waals surface area contributed by atoms with E-state index in [0.717, 1.165) is 6.20 Å². The highest BCUT2D eigenvalue weighted by atomic mass is 19.1. The van der Waals surface area contributed by atoms with Crippen molar-refractivity contribution in [3.63, 3.8) is 0 Å². The zero-order chi connectivity index (χ0) is 23.9. The van der Waals surface area contributed by atoms with Crippen molar-refractivity contribution in [3.05, 3.63) is 79.9 Å². The summed E-state index contributed by atoms with van der Waals surface area (Å²) in [5, 5.41) is 12.0. The molecule has 2 heterocycles. The van der Waals surface area contributed by atoms with Crippen molar-refractivity contribution in [2.24, 2.45) is 0 Å². The molecule has 11 heteroatoms. The fourth-order valence-electron chi connectivity index (χ4n) is 4.10. The van der Waals surface area contributed by atoms with Gasteiger partial charge in [0.25, 0.3) is 11.5 Å². The Morgan fingerprint density at radius 3 is 2.48 bits per heavy atom. The number of nitrogens with one attached hydrogen (secondary N) is 1. The van der Waals surface area contributed by atoms with Crippen molar-refractivity contribution < 1.29 is 27.8 Å². The van der Waals surface area contributed by atoms with Gasteiger partial charge in [-0.1, -0.05) is 0 Å². The average molecular weight is 463 g/mol. The van der Waals surface area contributed by atoms with Gasteiger partial charge in [0, 0.05) is 48.9 Å². The van der Waals surface area contributed by atoms with E-state index < -0.39 is 58.1 Å². The molecule has 0 bridgehead atoms. The molecule has 4 rings (SSSR count). The number of aromatic nitrogens is 2. The lowest BCUT2D eigenvalue weighted by Crippen LogP contribution is -2.32. The van der Waals surface area contributed by atoms with E-state index in [4.69, 9.17) is 4.74 Å². The van der Waals surface area contributed by atoms with Gasteiger partial charge in [0.1, 0.15) is 23.0 Å². The summed E-state index contributed by atoms with van der Waals surface area (Å²) in [7, 11) is 1.18. The summed E-state index contributed by atoms with van der Waals surface area (Å²) in [5.41, 5.74) is -2.47. The first-order valence-electron chi connectivity index (χ1n) is 10.1. The number of fused-ring (bicyclic) bond motifs is 1. The Morgan fingerprint density at radius 2 is 1.88 bits per heavy atom. The first-order chi connectivity index (χ1) is 15.7. The quantitative estimate of drug-likeness (QED) is 0.602. The first kappa shape index (κ1) is 22.6. The van der Waals surface area contributed by atoms with Crippen molar-refractivity contribution in [2.75, 3.05) is 7.11 Å². The predicted molar refractivity (Wildman–Crippen MR) is 111 cm³/mol. The van der Waals surface area contributed by atoms with Gasteiger partial charge in [-0.3, -0.25) is 14.4 Å². The third kappa shape index (κ3) is 4.11. The first-order valence-corrected chi connectivity index (χ1v) is 10.1. The molecule has 2 N–H and O–H groups in total. The molecule has 174 valence electrons. The highest BCUT2D eigenvalue weighted by Crippen LogP contribution is 2.29. The van der Waals surface area contributed by atoms with Crippen molar-refractivity contribution in [3.8, 4) is 5.75 Å². The van der Waals surface area contributed by atoms with Gasteiger partial charge in [0.15, 0.2) is 11.3 Å². The van der Waals surface area contributed by atoms with E-state index >= 15 is 0 Å². The molecule has 3 aromatic rings. The number of nitrogens with zero attached hydrogens (tertiary/aromatic N) is 2. The topological polar surface area (TPSA) is 102 Å². The second-order valence-corrected chi connectivity index (χ2v) is 7.82. The smallest absolute Gasteiger partial charge is 0.279 e. The van der Waals surface area contributed by atoms with Crippen molar-refractivity contribution in [1.29, 1.82) is 0 Å². The summed E-state index contributed by atoms with van der Waals surface area (Å²) in [4.78, 5) is 38.6. The van der Waals surface area contributed by atoms with Crippen LogP contribution in [0, 0.1) is 17.5 Å². The molecule has 1 aliphatic rings. The number of rotatable bonds is 5. The normalized spacial score (nSPS) is 18.0. The lowest BCUT2D eigenvalue weighted by atomic mass is 10.1. The van der Waals surface area contributed by atoms with Crippen LogP contribution in [0.2, 0.25) is 0 Å². The summed E-state index contributed by atoms with van der Waals surface area (Å²) >= 11 is 0. The van der Waals surface area contributed by atoms with Gasteiger partial charge in [-0.2, -0.15) is 0 Å². The minimum Gasteiger partial charge on any atom is -0.491 e. The largest absolute Gasteiger partial charge is 0.491 e. The predicted octanol–water partition coefficient (Wildman–Crippen LogP) is 1.90. The number of aliphatic hydroxyl groups is 1. The third-order valence-electron chi connectivity index (χ3n) is 5.77. The molecule has 2 aromatic heterocycles. The molecule has 0 radical (unpaired) electrons. The van der Waals surface area contributed by atoms with Crippen LogP contribution < -0.4 is 21.0 Å². The molecule has 0 saturated heterocycles. The molecule has 0 aliphatic heterocycles. The Bertz CT molecular complexity index is 1340. The zero-order valence-electron chi connectivity index (χ0n) is 17.5. The van der Waals surface area contributed by atoms with Crippen molar-refractivity contribution >= 4 is 11.4 Å². The summed E-state index contributed by atoms with van der Waals surface area (Å²) in [6.07, 6.45) is 5.14. The van der Waals surface area contributed by atoms with Crippen LogP contribution >= 0.6 is 0 Å². The van der Waals surface area contributed by atoms with Crippen LogP contribution in [-0.2, 0) is 6.54 Å². The molecular weight excluding hydrogens is 443 g/mol. The summed E-state index contributed by atoms with van der Waals surface area (Å²) in [6, 6.07) is 0.723. The Balaban J connectivity index is 1.70. The monoisotopic (exact) mass is 463 g/mol. The van der Waals surface area contributed by atoms with E-state index in [1.165, 1.54) is 28.5 Å². The molecule has 1 aromatic carbocycles. The van der Waals surface area contributed by atoms with Gasteiger partial charge in [0.05, 0.1) is 13.2 Å². The molecule has 0 unspecified atom stereocenters. The van der Waals surface area contributed by atoms with Gasteiger partial charge >= 0.3 is 0 Å². The lowest BCUT2D eigenvalue weighted by molar-refractivity contribution is 0.0948. The number of pyridine rings is 1. The van der Waals surface area contributed by atoms with Gasteiger partial charge in [-0.05, 0) is 19.3 Å². The number of aliphatic hydroxyl groups excluding tert-OH is 1. The number of carbonyl (C=O) groups excluding carboxylic acids is 1. The SMILES string of the molecule is COc1c(=O)c(C(=O)NCc2c(F)cc(F)cc2F)cn2ccn([C@H]3CC[C@@H](O)C3)c(=O)c12. The number of hydrogen-bond acceptors (Lipinski definition) is 5. The van der Waals surface area contributed by atoms with Crippen LogP contribution in [0.4, 0.5) is 13.2 Å². The van der Waals surface area contributed by atoms with Gasteiger partial charge in [0.2, 0.25) is 5.43 Å². The average Bonchev–Trinajstić information content (AvgIpc) is 3.19. The number of carbonyl (C=O) groups is 1. The van der Waals surface area contributed by atoms with Crippen LogP contribution in [0.5, 0.6) is 5.75 Å². The lowest BCUT2D eigenvalue weighted by Gasteiger charge is -2.16. The van der Waals surface area contributed by atoms with E-state index in [0.29, 0.717) is 31.4 Å². The maximum Gasteiger partial charge on any atom is 0.279 e. The molecule has 1 aliphatic carbocycles. The Kier molecular flexibility index (Phi) is 5.98. The van der Waals surface area contributed by atoms with Crippen LogP contribution in [0.15, 0.2) is 40.3 Å². The molecule has 8 nitrogen and oxygen atoms in total. The maximum absolute atomic E-state index is 13.8. The van der Waals surface area contributed by atoms with Crippen molar-refractivity contribution in [2.45, 2.75) is 38.0 Å². The molecule has 2 atom stereocenters. The van der Waals surface area contributed by atoms with Gasteiger partial charge < -0.3 is 24.1 Å². The number of amides is 1. The Morgan fingerprint density at radius 1 is 1.18 bits per heavy atom. The van der Waals surface area contributed by atoms with Gasteiger partial charge in [-0.15, -0.1) is 0 Å². The van der Waals surface area contributed by atoms with Crippen LogP contribution in [-0.4, -0.2) is 33.2 Å². The number of halogens is 3. The molecular formula is C22H20F3N3O5. The minimum atomic E-state index is -1.18. The Labute approximate surface area is 184 Å². The minimum absolute atomic E-state index is 0.0847. The van der Waals surface area contributed by atoms with Gasteiger partial charge in [-0.25, -0.2) is 13.2 Å². The molecule has 1 fully saturated rings.